The quantitative estimate of drug-likeness (QED) is 0.188. The van der Waals surface area contributed by atoms with Gasteiger partial charge in [-0.2, -0.15) is 0 Å². The summed E-state index contributed by atoms with van der Waals surface area (Å²) in [7, 11) is 3.83. The van der Waals surface area contributed by atoms with E-state index in [1.54, 1.807) is 23.8 Å². The molecule has 0 aliphatic carbocycles. The molecule has 222 valence electrons. The molecule has 0 saturated heterocycles. The maximum atomic E-state index is 13.3. The highest BCUT2D eigenvalue weighted by Gasteiger charge is 2.32. The van der Waals surface area contributed by atoms with Gasteiger partial charge < -0.3 is 14.4 Å². The molecular formula is C34H52N2O3S. The lowest BCUT2D eigenvalue weighted by Gasteiger charge is -2.33. The zero-order valence-electron chi connectivity index (χ0n) is 25.9. The number of amides is 1. The number of methoxy groups -OCH3 is 1. The summed E-state index contributed by atoms with van der Waals surface area (Å²) in [5, 5.41) is 0. The van der Waals surface area contributed by atoms with Crippen molar-refractivity contribution in [2.24, 2.45) is 0 Å². The second-order valence-electron chi connectivity index (χ2n) is 12.1. The molecule has 0 aromatic heterocycles. The maximum absolute atomic E-state index is 13.3. The molecule has 0 spiro atoms. The molecule has 1 amide bonds. The molecule has 0 unspecified atom stereocenters. The fraction of sp³-hybridized carbons (Fsp3) is 0.618. The zero-order chi connectivity index (χ0) is 29.0. The lowest BCUT2D eigenvalue weighted by molar-refractivity contribution is 0.0597. The van der Waals surface area contributed by atoms with Gasteiger partial charge in [0.25, 0.3) is 0 Å². The van der Waals surface area contributed by atoms with Gasteiger partial charge in [-0.15, -0.1) is 0 Å². The van der Waals surface area contributed by atoms with Gasteiger partial charge in [0.05, 0.1) is 18.5 Å². The summed E-state index contributed by atoms with van der Waals surface area (Å²) < 4.78 is 11.3. The van der Waals surface area contributed by atoms with Gasteiger partial charge in [-0.25, -0.2) is 9.69 Å². The number of ether oxygens (including phenoxy) is 2. The van der Waals surface area contributed by atoms with Crippen molar-refractivity contribution in [2.75, 3.05) is 30.5 Å². The Morgan fingerprint density at radius 2 is 1.32 bits per heavy atom. The molecule has 0 atom stereocenters. The predicted molar refractivity (Wildman–Crippen MR) is 171 cm³/mol. The molecule has 1 heterocycles. The highest BCUT2D eigenvalue weighted by atomic mass is 32.2. The Morgan fingerprint density at radius 1 is 0.800 bits per heavy atom. The van der Waals surface area contributed by atoms with E-state index in [9.17, 15) is 4.79 Å². The lowest BCUT2D eigenvalue weighted by Crippen LogP contribution is -2.35. The van der Waals surface area contributed by atoms with Gasteiger partial charge >= 0.3 is 6.09 Å². The van der Waals surface area contributed by atoms with Crippen LogP contribution in [-0.4, -0.2) is 32.4 Å². The SMILES string of the molecule is CCCCCCCCCCCCCCCN(C)c1ccc2c(c1)Sc1cc(OC)ccc1N2C(=O)OC(C)(C)C. The number of fused-ring (bicyclic) bond motifs is 2. The number of anilines is 3. The molecule has 2 aromatic rings. The van der Waals surface area contributed by atoms with Crippen LogP contribution in [0.15, 0.2) is 46.2 Å². The number of hydrogen-bond donors (Lipinski definition) is 0. The Kier molecular flexibility index (Phi) is 13.0. The molecule has 5 nitrogen and oxygen atoms in total. The van der Waals surface area contributed by atoms with Crippen LogP contribution in [0.2, 0.25) is 0 Å². The summed E-state index contributed by atoms with van der Waals surface area (Å²) >= 11 is 1.67. The molecule has 0 bridgehead atoms. The first-order chi connectivity index (χ1) is 19.2. The first-order valence-electron chi connectivity index (χ1n) is 15.5. The molecular weight excluding hydrogens is 516 g/mol. The molecule has 0 radical (unpaired) electrons. The van der Waals surface area contributed by atoms with Crippen LogP contribution < -0.4 is 14.5 Å². The van der Waals surface area contributed by atoms with E-state index in [0.29, 0.717) is 0 Å². The van der Waals surface area contributed by atoms with Gasteiger partial charge in [0, 0.05) is 29.1 Å². The molecule has 0 saturated carbocycles. The minimum Gasteiger partial charge on any atom is -0.497 e. The van der Waals surface area contributed by atoms with Crippen LogP contribution in [0.25, 0.3) is 0 Å². The number of carbonyl (C=O) groups excluding carboxylic acids is 1. The summed E-state index contributed by atoms with van der Waals surface area (Å²) in [5.41, 5.74) is 2.26. The highest BCUT2D eigenvalue weighted by Crippen LogP contribution is 2.50. The van der Waals surface area contributed by atoms with Crippen molar-refractivity contribution in [1.82, 2.24) is 0 Å². The van der Waals surface area contributed by atoms with E-state index < -0.39 is 5.60 Å². The molecule has 2 aromatic carbocycles. The number of hydrogen-bond acceptors (Lipinski definition) is 5. The predicted octanol–water partition coefficient (Wildman–Crippen LogP) is 10.8. The van der Waals surface area contributed by atoms with Crippen LogP contribution in [0.1, 0.15) is 111 Å². The lowest BCUT2D eigenvalue weighted by atomic mass is 10.0. The van der Waals surface area contributed by atoms with E-state index >= 15 is 0 Å². The molecule has 1 aliphatic heterocycles. The van der Waals surface area contributed by atoms with Gasteiger partial charge in [-0.05, 0) is 63.6 Å². The summed E-state index contributed by atoms with van der Waals surface area (Å²) in [5.74, 6) is 0.773. The molecule has 3 rings (SSSR count). The third kappa shape index (κ3) is 9.94. The van der Waals surface area contributed by atoms with Crippen molar-refractivity contribution < 1.29 is 14.3 Å². The van der Waals surface area contributed by atoms with Crippen molar-refractivity contribution in [1.29, 1.82) is 0 Å². The summed E-state index contributed by atoms with van der Waals surface area (Å²) in [6.45, 7) is 9.00. The Bertz CT molecular complexity index is 1070. The van der Waals surface area contributed by atoms with Crippen molar-refractivity contribution >= 4 is 34.9 Å². The summed E-state index contributed by atoms with van der Waals surface area (Å²) in [6, 6.07) is 12.2. The zero-order valence-corrected chi connectivity index (χ0v) is 26.7. The summed E-state index contributed by atoms with van der Waals surface area (Å²) in [4.78, 5) is 19.4. The van der Waals surface area contributed by atoms with E-state index in [0.717, 1.165) is 33.5 Å². The van der Waals surface area contributed by atoms with Crippen molar-refractivity contribution in [3.63, 3.8) is 0 Å². The van der Waals surface area contributed by atoms with E-state index in [-0.39, 0.29) is 6.09 Å². The fourth-order valence-electron chi connectivity index (χ4n) is 5.14. The van der Waals surface area contributed by atoms with Crippen LogP contribution in [0.5, 0.6) is 5.75 Å². The van der Waals surface area contributed by atoms with Crippen LogP contribution in [0.4, 0.5) is 21.9 Å². The second kappa shape index (κ2) is 16.2. The molecule has 40 heavy (non-hydrogen) atoms. The largest absolute Gasteiger partial charge is 0.497 e. The minimum atomic E-state index is -0.581. The highest BCUT2D eigenvalue weighted by molar-refractivity contribution is 7.99. The Hall–Kier alpha value is -2.34. The Labute approximate surface area is 248 Å². The standard InChI is InChI=1S/C34H52N2O3S/c1-7-8-9-10-11-12-13-14-15-16-17-18-19-24-35(5)27-20-22-29-31(25-27)40-32-26-28(38-6)21-23-30(32)36(29)33(37)39-34(2,3)4/h20-23,25-26H,7-19,24H2,1-6H3. The average Bonchev–Trinajstić information content (AvgIpc) is 2.92. The Balaban J connectivity index is 1.51. The van der Waals surface area contributed by atoms with Gasteiger partial charge in [0.1, 0.15) is 11.4 Å². The minimum absolute atomic E-state index is 0.367. The van der Waals surface area contributed by atoms with Crippen LogP contribution >= 0.6 is 11.8 Å². The maximum Gasteiger partial charge on any atom is 0.419 e. The molecule has 0 N–H and O–H groups in total. The van der Waals surface area contributed by atoms with E-state index in [1.165, 1.54) is 89.2 Å². The van der Waals surface area contributed by atoms with Gasteiger partial charge in [-0.1, -0.05) is 95.7 Å². The topological polar surface area (TPSA) is 42.0 Å². The first kappa shape index (κ1) is 32.2. The van der Waals surface area contributed by atoms with Crippen molar-refractivity contribution in [2.45, 2.75) is 127 Å². The Morgan fingerprint density at radius 3 is 1.88 bits per heavy atom. The molecule has 1 aliphatic rings. The average molecular weight is 569 g/mol. The van der Waals surface area contributed by atoms with Crippen LogP contribution in [0, 0.1) is 0 Å². The fourth-order valence-corrected chi connectivity index (χ4v) is 6.26. The number of unbranched alkanes of at least 4 members (excludes halogenated alkanes) is 12. The number of benzene rings is 2. The van der Waals surface area contributed by atoms with E-state index in [4.69, 9.17) is 9.47 Å². The summed E-state index contributed by atoms with van der Waals surface area (Å²) in [6.07, 6.45) is 17.4. The van der Waals surface area contributed by atoms with Gasteiger partial charge in [0.15, 0.2) is 0 Å². The van der Waals surface area contributed by atoms with Crippen LogP contribution in [-0.2, 0) is 4.74 Å². The number of nitrogens with zero attached hydrogens (tertiary/aromatic N) is 2. The third-order valence-corrected chi connectivity index (χ3v) is 8.52. The third-order valence-electron chi connectivity index (χ3n) is 7.43. The monoisotopic (exact) mass is 568 g/mol. The van der Waals surface area contributed by atoms with E-state index in [1.807, 2.05) is 39.0 Å². The number of rotatable bonds is 16. The van der Waals surface area contributed by atoms with Gasteiger partial charge in [-0.3, -0.25) is 0 Å². The second-order valence-corrected chi connectivity index (χ2v) is 13.2. The normalized spacial score (nSPS) is 12.6. The molecule has 6 heteroatoms. The smallest absolute Gasteiger partial charge is 0.419 e. The number of carbonyl (C=O) groups is 1. The molecule has 0 fully saturated rings. The van der Waals surface area contributed by atoms with Crippen LogP contribution in [0.3, 0.4) is 0 Å². The van der Waals surface area contributed by atoms with Crippen molar-refractivity contribution in [3.05, 3.63) is 36.4 Å². The van der Waals surface area contributed by atoms with E-state index in [2.05, 4.69) is 37.1 Å². The first-order valence-corrected chi connectivity index (χ1v) is 16.3. The van der Waals surface area contributed by atoms with Gasteiger partial charge in [0.2, 0.25) is 0 Å². The van der Waals surface area contributed by atoms with Crippen molar-refractivity contribution in [3.8, 4) is 5.75 Å².